The number of nitrogens with zero attached hydrogens (tertiary/aromatic N) is 1. The molecule has 1 aliphatic heterocycles. The third-order valence-electron chi connectivity index (χ3n) is 3.94. The van der Waals surface area contributed by atoms with Crippen LogP contribution in [0.3, 0.4) is 0 Å². The zero-order valence-corrected chi connectivity index (χ0v) is 14.3. The van der Waals surface area contributed by atoms with Crippen LogP contribution in [0.2, 0.25) is 5.02 Å². The van der Waals surface area contributed by atoms with Crippen molar-refractivity contribution in [1.29, 1.82) is 0 Å². The van der Waals surface area contributed by atoms with Gasteiger partial charge in [0, 0.05) is 24.2 Å². The van der Waals surface area contributed by atoms with Crippen LogP contribution in [0.5, 0.6) is 17.4 Å². The molecule has 0 spiro atoms. The number of aromatic nitrogens is 1. The predicted octanol–water partition coefficient (Wildman–Crippen LogP) is 4.35. The van der Waals surface area contributed by atoms with Gasteiger partial charge in [-0.3, -0.25) is 0 Å². The van der Waals surface area contributed by atoms with Gasteiger partial charge in [-0.1, -0.05) is 11.6 Å². The zero-order valence-electron chi connectivity index (χ0n) is 13.5. The van der Waals surface area contributed by atoms with E-state index >= 15 is 0 Å². The van der Waals surface area contributed by atoms with Crippen LogP contribution in [0.15, 0.2) is 30.3 Å². The average Bonchev–Trinajstić information content (AvgIpc) is 2.58. The van der Waals surface area contributed by atoms with Crippen LogP contribution < -0.4 is 14.8 Å². The molecule has 0 radical (unpaired) electrons. The number of halogens is 2. The molecule has 24 heavy (non-hydrogen) atoms. The van der Waals surface area contributed by atoms with Crippen LogP contribution in [0, 0.1) is 18.7 Å². The Bertz CT molecular complexity index is 705. The Morgan fingerprint density at radius 2 is 2.21 bits per heavy atom. The minimum absolute atomic E-state index is 0.0563. The summed E-state index contributed by atoms with van der Waals surface area (Å²) in [7, 11) is 0. The standard InChI is InChI=1S/C18H20ClFN2O2/c1-12-4-7-17(23-11-13-3-2-8-21-10-13)18(22-12)24-14-5-6-15(19)16(20)9-14/h4-7,9,13,21H,2-3,8,10-11H2,1H3. The van der Waals surface area contributed by atoms with Crippen molar-refractivity contribution in [1.82, 2.24) is 10.3 Å². The van der Waals surface area contributed by atoms with Crippen LogP contribution >= 0.6 is 11.6 Å². The van der Waals surface area contributed by atoms with Gasteiger partial charge in [0.25, 0.3) is 5.88 Å². The number of pyridine rings is 1. The topological polar surface area (TPSA) is 43.4 Å². The summed E-state index contributed by atoms with van der Waals surface area (Å²) in [6.07, 6.45) is 2.30. The summed E-state index contributed by atoms with van der Waals surface area (Å²) in [5, 5.41) is 3.42. The summed E-state index contributed by atoms with van der Waals surface area (Å²) in [6, 6.07) is 7.99. The van der Waals surface area contributed by atoms with E-state index in [4.69, 9.17) is 21.1 Å². The number of nitrogens with one attached hydrogen (secondary N) is 1. The molecule has 128 valence electrons. The Morgan fingerprint density at radius 1 is 1.33 bits per heavy atom. The van der Waals surface area contributed by atoms with E-state index in [1.807, 2.05) is 19.1 Å². The quantitative estimate of drug-likeness (QED) is 0.870. The van der Waals surface area contributed by atoms with Gasteiger partial charge in [-0.2, -0.15) is 0 Å². The molecule has 0 amide bonds. The molecule has 1 fully saturated rings. The fraction of sp³-hybridized carbons (Fsp3) is 0.389. The first kappa shape index (κ1) is 17.0. The Hall–Kier alpha value is -1.85. The molecule has 0 aliphatic carbocycles. The second-order valence-electron chi connectivity index (χ2n) is 5.96. The maximum absolute atomic E-state index is 13.6. The highest BCUT2D eigenvalue weighted by molar-refractivity contribution is 6.30. The first-order valence-corrected chi connectivity index (χ1v) is 8.43. The summed E-state index contributed by atoms with van der Waals surface area (Å²) >= 11 is 5.70. The van der Waals surface area contributed by atoms with E-state index in [1.165, 1.54) is 12.1 Å². The van der Waals surface area contributed by atoms with Gasteiger partial charge in [0.1, 0.15) is 11.6 Å². The fourth-order valence-corrected chi connectivity index (χ4v) is 2.75. The summed E-state index contributed by atoms with van der Waals surface area (Å²) in [5.74, 6) is 1.17. The van der Waals surface area contributed by atoms with Crippen LogP contribution in [-0.2, 0) is 0 Å². The smallest absolute Gasteiger partial charge is 0.262 e. The lowest BCUT2D eigenvalue weighted by atomic mass is 10.0. The molecule has 2 heterocycles. The van der Waals surface area contributed by atoms with Gasteiger partial charge in [-0.15, -0.1) is 0 Å². The van der Waals surface area contributed by atoms with E-state index in [-0.39, 0.29) is 5.02 Å². The van der Waals surface area contributed by atoms with Gasteiger partial charge in [0.15, 0.2) is 5.75 Å². The molecule has 1 atom stereocenters. The van der Waals surface area contributed by atoms with Crippen molar-refractivity contribution in [3.8, 4) is 17.4 Å². The minimum Gasteiger partial charge on any atom is -0.488 e. The monoisotopic (exact) mass is 350 g/mol. The molecule has 1 aromatic carbocycles. The number of piperidine rings is 1. The van der Waals surface area contributed by atoms with Gasteiger partial charge >= 0.3 is 0 Å². The summed E-state index contributed by atoms with van der Waals surface area (Å²) < 4.78 is 25.2. The Labute approximate surface area is 146 Å². The number of ether oxygens (including phenoxy) is 2. The minimum atomic E-state index is -0.530. The number of hydrogen-bond donors (Lipinski definition) is 1. The van der Waals surface area contributed by atoms with Gasteiger partial charge in [0.2, 0.25) is 0 Å². The second-order valence-corrected chi connectivity index (χ2v) is 6.36. The molecule has 2 aromatic rings. The number of aryl methyl sites for hydroxylation is 1. The van der Waals surface area contributed by atoms with Crippen molar-refractivity contribution >= 4 is 11.6 Å². The van der Waals surface area contributed by atoms with Crippen molar-refractivity contribution in [2.24, 2.45) is 5.92 Å². The third kappa shape index (κ3) is 4.36. The molecule has 1 unspecified atom stereocenters. The van der Waals surface area contributed by atoms with E-state index in [0.717, 1.165) is 31.6 Å². The summed E-state index contributed by atoms with van der Waals surface area (Å²) in [6.45, 7) is 4.49. The lowest BCUT2D eigenvalue weighted by Crippen LogP contribution is -2.33. The van der Waals surface area contributed by atoms with Crippen molar-refractivity contribution in [3.63, 3.8) is 0 Å². The lowest BCUT2D eigenvalue weighted by Gasteiger charge is -2.23. The van der Waals surface area contributed by atoms with Gasteiger partial charge < -0.3 is 14.8 Å². The number of hydrogen-bond acceptors (Lipinski definition) is 4. The molecule has 3 rings (SSSR count). The maximum Gasteiger partial charge on any atom is 0.262 e. The van der Waals surface area contributed by atoms with E-state index in [0.29, 0.717) is 29.9 Å². The molecule has 6 heteroatoms. The molecule has 0 saturated carbocycles. The van der Waals surface area contributed by atoms with Crippen molar-refractivity contribution in [2.45, 2.75) is 19.8 Å². The number of benzene rings is 1. The molecule has 1 aromatic heterocycles. The van der Waals surface area contributed by atoms with Crippen molar-refractivity contribution in [2.75, 3.05) is 19.7 Å². The van der Waals surface area contributed by atoms with Crippen LogP contribution in [0.1, 0.15) is 18.5 Å². The van der Waals surface area contributed by atoms with Gasteiger partial charge in [-0.25, -0.2) is 9.37 Å². The lowest BCUT2D eigenvalue weighted by molar-refractivity contribution is 0.211. The molecule has 4 nitrogen and oxygen atoms in total. The Kier molecular flexibility index (Phi) is 5.53. The molecule has 0 bridgehead atoms. The summed E-state index contributed by atoms with van der Waals surface area (Å²) in [5.41, 5.74) is 0.797. The Morgan fingerprint density at radius 3 is 2.96 bits per heavy atom. The van der Waals surface area contributed by atoms with Gasteiger partial charge in [0.05, 0.1) is 11.6 Å². The van der Waals surface area contributed by atoms with Crippen LogP contribution in [0.4, 0.5) is 4.39 Å². The molecule has 1 aliphatic rings. The first-order chi connectivity index (χ1) is 11.6. The van der Waals surface area contributed by atoms with E-state index in [9.17, 15) is 4.39 Å². The molecule has 1 N–H and O–H groups in total. The SMILES string of the molecule is Cc1ccc(OCC2CCCNC2)c(Oc2ccc(Cl)c(F)c2)n1. The van der Waals surface area contributed by atoms with E-state index in [2.05, 4.69) is 10.3 Å². The normalized spacial score (nSPS) is 17.5. The van der Waals surface area contributed by atoms with Crippen molar-refractivity contribution in [3.05, 3.63) is 46.9 Å². The average molecular weight is 351 g/mol. The fourth-order valence-electron chi connectivity index (χ4n) is 2.63. The summed E-state index contributed by atoms with van der Waals surface area (Å²) in [4.78, 5) is 4.37. The molecule has 1 saturated heterocycles. The third-order valence-corrected chi connectivity index (χ3v) is 4.25. The van der Waals surface area contributed by atoms with E-state index in [1.54, 1.807) is 6.07 Å². The molecular weight excluding hydrogens is 331 g/mol. The van der Waals surface area contributed by atoms with Gasteiger partial charge in [-0.05, 0) is 50.6 Å². The second kappa shape index (κ2) is 7.81. The highest BCUT2D eigenvalue weighted by Gasteiger charge is 2.16. The highest BCUT2D eigenvalue weighted by Crippen LogP contribution is 2.31. The zero-order chi connectivity index (χ0) is 16.9. The first-order valence-electron chi connectivity index (χ1n) is 8.06. The van der Waals surface area contributed by atoms with Crippen molar-refractivity contribution < 1.29 is 13.9 Å². The van der Waals surface area contributed by atoms with Crippen LogP contribution in [-0.4, -0.2) is 24.7 Å². The predicted molar refractivity (Wildman–Crippen MR) is 91.5 cm³/mol. The van der Waals surface area contributed by atoms with Crippen LogP contribution in [0.25, 0.3) is 0 Å². The number of rotatable bonds is 5. The largest absolute Gasteiger partial charge is 0.488 e. The Balaban J connectivity index is 1.73. The maximum atomic E-state index is 13.6. The van der Waals surface area contributed by atoms with E-state index < -0.39 is 5.82 Å². The highest BCUT2D eigenvalue weighted by atomic mass is 35.5. The molecular formula is C18H20ClFN2O2.